The number of fused-ring (bicyclic) bond motifs is 1. The first-order valence-electron chi connectivity index (χ1n) is 12.7. The SMILES string of the molecule is CSCC[C@H](NC(=O)c1ccc(F)cc1)c1nc2ccccc2n1Cc1c(C)cc(C(C)(C)C)cc1C. The van der Waals surface area contributed by atoms with Crippen LogP contribution in [0.1, 0.15) is 71.7 Å². The topological polar surface area (TPSA) is 46.9 Å². The normalized spacial score (nSPS) is 12.6. The maximum Gasteiger partial charge on any atom is 0.251 e. The molecule has 1 N–H and O–H groups in total. The molecule has 0 aliphatic carbocycles. The Hall–Kier alpha value is -3.12. The molecule has 3 aromatic carbocycles. The smallest absolute Gasteiger partial charge is 0.251 e. The van der Waals surface area contributed by atoms with Crippen LogP contribution in [0.2, 0.25) is 0 Å². The first-order chi connectivity index (χ1) is 17.6. The van der Waals surface area contributed by atoms with Gasteiger partial charge in [0, 0.05) is 12.1 Å². The molecule has 0 saturated heterocycles. The number of para-hydroxylation sites is 2. The summed E-state index contributed by atoms with van der Waals surface area (Å²) in [6.07, 6.45) is 2.80. The average Bonchev–Trinajstić information content (AvgIpc) is 3.21. The van der Waals surface area contributed by atoms with Crippen LogP contribution in [-0.4, -0.2) is 27.5 Å². The Labute approximate surface area is 223 Å². The molecular weight excluding hydrogens is 481 g/mol. The number of carbonyl (C=O) groups excluding carboxylic acids is 1. The van der Waals surface area contributed by atoms with Gasteiger partial charge in [-0.1, -0.05) is 45.0 Å². The highest BCUT2D eigenvalue weighted by Gasteiger charge is 2.24. The summed E-state index contributed by atoms with van der Waals surface area (Å²) < 4.78 is 15.7. The molecule has 4 rings (SSSR count). The zero-order valence-corrected chi connectivity index (χ0v) is 23.4. The molecule has 0 bridgehead atoms. The molecular formula is C31H36FN3OS. The summed E-state index contributed by atoms with van der Waals surface area (Å²) >= 11 is 1.74. The quantitative estimate of drug-likeness (QED) is 0.266. The minimum Gasteiger partial charge on any atom is -0.342 e. The molecule has 1 aromatic heterocycles. The van der Waals surface area contributed by atoms with E-state index in [4.69, 9.17) is 4.98 Å². The lowest BCUT2D eigenvalue weighted by Gasteiger charge is -2.24. The fourth-order valence-corrected chi connectivity index (χ4v) is 5.18. The van der Waals surface area contributed by atoms with Crippen LogP contribution < -0.4 is 5.32 Å². The zero-order chi connectivity index (χ0) is 26.7. The van der Waals surface area contributed by atoms with E-state index < -0.39 is 0 Å². The molecule has 0 aliphatic heterocycles. The highest BCUT2D eigenvalue weighted by atomic mass is 32.2. The lowest BCUT2D eigenvalue weighted by molar-refractivity contribution is 0.0933. The Kier molecular flexibility index (Phi) is 8.08. The number of carbonyl (C=O) groups is 1. The third kappa shape index (κ3) is 6.07. The van der Waals surface area contributed by atoms with Gasteiger partial charge in [-0.3, -0.25) is 4.79 Å². The maximum absolute atomic E-state index is 13.4. The van der Waals surface area contributed by atoms with Crippen molar-refractivity contribution >= 4 is 28.7 Å². The van der Waals surface area contributed by atoms with Crippen LogP contribution in [-0.2, 0) is 12.0 Å². The molecule has 1 amide bonds. The van der Waals surface area contributed by atoms with Crippen molar-refractivity contribution in [1.29, 1.82) is 0 Å². The summed E-state index contributed by atoms with van der Waals surface area (Å²) in [6.45, 7) is 11.7. The van der Waals surface area contributed by atoms with Gasteiger partial charge in [-0.05, 0) is 96.3 Å². The Balaban J connectivity index is 1.77. The van der Waals surface area contributed by atoms with Gasteiger partial charge in [0.1, 0.15) is 11.6 Å². The lowest BCUT2D eigenvalue weighted by atomic mass is 9.84. The third-order valence-corrected chi connectivity index (χ3v) is 7.54. The van der Waals surface area contributed by atoms with Crippen molar-refractivity contribution in [2.24, 2.45) is 0 Å². The van der Waals surface area contributed by atoms with Gasteiger partial charge in [0.25, 0.3) is 5.91 Å². The summed E-state index contributed by atoms with van der Waals surface area (Å²) in [7, 11) is 0. The molecule has 0 fully saturated rings. The van der Waals surface area contributed by atoms with E-state index in [1.54, 1.807) is 11.8 Å². The number of hydrogen-bond donors (Lipinski definition) is 1. The number of thioether (sulfide) groups is 1. The Morgan fingerprint density at radius 1 is 1.05 bits per heavy atom. The van der Waals surface area contributed by atoms with Gasteiger partial charge in [-0.2, -0.15) is 11.8 Å². The van der Waals surface area contributed by atoms with Gasteiger partial charge < -0.3 is 9.88 Å². The standard InChI is InChI=1S/C31H36FN3OS/c1-20-17-23(31(3,4)5)18-21(2)25(20)19-35-28-10-8-7-9-26(28)33-29(35)27(15-16-37-6)34-30(36)22-11-13-24(32)14-12-22/h7-14,17-18,27H,15-16,19H2,1-6H3,(H,34,36)/t27-/m0/s1. The monoisotopic (exact) mass is 517 g/mol. The Morgan fingerprint density at radius 3 is 2.32 bits per heavy atom. The first kappa shape index (κ1) is 26.9. The van der Waals surface area contributed by atoms with Crippen LogP contribution in [0.15, 0.2) is 60.7 Å². The van der Waals surface area contributed by atoms with Crippen molar-refractivity contribution in [3.63, 3.8) is 0 Å². The van der Waals surface area contributed by atoms with E-state index in [2.05, 4.69) is 69.0 Å². The largest absolute Gasteiger partial charge is 0.342 e. The number of rotatable bonds is 8. The molecule has 6 heteroatoms. The minimum atomic E-state index is -0.361. The van der Waals surface area contributed by atoms with Crippen LogP contribution in [0.4, 0.5) is 4.39 Å². The second-order valence-electron chi connectivity index (χ2n) is 10.7. The van der Waals surface area contributed by atoms with E-state index in [1.807, 2.05) is 18.2 Å². The number of nitrogens with zero attached hydrogens (tertiary/aromatic N) is 2. The minimum absolute atomic E-state index is 0.0778. The number of amides is 1. The van der Waals surface area contributed by atoms with Crippen molar-refractivity contribution in [1.82, 2.24) is 14.9 Å². The lowest BCUT2D eigenvalue weighted by Crippen LogP contribution is -2.31. The van der Waals surface area contributed by atoms with Gasteiger partial charge in [0.15, 0.2) is 0 Å². The molecule has 37 heavy (non-hydrogen) atoms. The molecule has 0 saturated carbocycles. The number of aryl methyl sites for hydroxylation is 2. The van der Waals surface area contributed by atoms with E-state index in [9.17, 15) is 9.18 Å². The zero-order valence-electron chi connectivity index (χ0n) is 22.6. The van der Waals surface area contributed by atoms with Crippen molar-refractivity contribution in [2.75, 3.05) is 12.0 Å². The Morgan fingerprint density at radius 2 is 1.70 bits per heavy atom. The van der Waals surface area contributed by atoms with E-state index in [0.29, 0.717) is 12.1 Å². The first-order valence-corrected chi connectivity index (χ1v) is 14.1. The van der Waals surface area contributed by atoms with Crippen molar-refractivity contribution in [3.05, 3.63) is 100 Å². The van der Waals surface area contributed by atoms with Crippen LogP contribution >= 0.6 is 11.8 Å². The number of hydrogen-bond acceptors (Lipinski definition) is 3. The van der Waals surface area contributed by atoms with E-state index >= 15 is 0 Å². The second kappa shape index (κ2) is 11.1. The molecule has 0 unspecified atom stereocenters. The van der Waals surface area contributed by atoms with Crippen LogP contribution in [0.5, 0.6) is 0 Å². The predicted octanol–water partition coefficient (Wildman–Crippen LogP) is 7.36. The molecule has 0 spiro atoms. The van der Waals surface area contributed by atoms with E-state index in [-0.39, 0.29) is 23.2 Å². The second-order valence-corrected chi connectivity index (χ2v) is 11.7. The summed E-state index contributed by atoms with van der Waals surface area (Å²) in [5.41, 5.74) is 7.56. The van der Waals surface area contributed by atoms with Gasteiger partial charge in [-0.25, -0.2) is 9.37 Å². The van der Waals surface area contributed by atoms with Gasteiger partial charge in [0.2, 0.25) is 0 Å². The molecule has 4 nitrogen and oxygen atoms in total. The summed E-state index contributed by atoms with van der Waals surface area (Å²) in [5.74, 6) is 1.12. The van der Waals surface area contributed by atoms with Crippen LogP contribution in [0.25, 0.3) is 11.0 Å². The molecule has 1 heterocycles. The third-order valence-electron chi connectivity index (χ3n) is 6.90. The number of imidazole rings is 1. The highest BCUT2D eigenvalue weighted by Crippen LogP contribution is 2.30. The number of nitrogens with one attached hydrogen (secondary N) is 1. The fraction of sp³-hybridized carbons (Fsp3) is 0.355. The van der Waals surface area contributed by atoms with Crippen LogP contribution in [0, 0.1) is 19.7 Å². The van der Waals surface area contributed by atoms with Crippen molar-refractivity contribution in [3.8, 4) is 0 Å². The molecule has 194 valence electrons. The highest BCUT2D eigenvalue weighted by molar-refractivity contribution is 7.98. The van der Waals surface area contributed by atoms with E-state index in [0.717, 1.165) is 29.0 Å². The van der Waals surface area contributed by atoms with Gasteiger partial charge in [-0.15, -0.1) is 0 Å². The fourth-order valence-electron chi connectivity index (χ4n) is 4.70. The summed E-state index contributed by atoms with van der Waals surface area (Å²) in [5, 5.41) is 3.19. The average molecular weight is 518 g/mol. The molecule has 4 aromatic rings. The predicted molar refractivity (Wildman–Crippen MR) is 153 cm³/mol. The van der Waals surface area contributed by atoms with Crippen molar-refractivity contribution < 1.29 is 9.18 Å². The Bertz CT molecular complexity index is 1380. The van der Waals surface area contributed by atoms with Gasteiger partial charge in [0.05, 0.1) is 17.1 Å². The van der Waals surface area contributed by atoms with Crippen molar-refractivity contribution in [2.45, 2.75) is 59.0 Å². The summed E-state index contributed by atoms with van der Waals surface area (Å²) in [4.78, 5) is 18.2. The van der Waals surface area contributed by atoms with Crippen LogP contribution in [0.3, 0.4) is 0 Å². The summed E-state index contributed by atoms with van der Waals surface area (Å²) in [6, 6.07) is 18.1. The molecule has 1 atom stereocenters. The number of aromatic nitrogens is 2. The van der Waals surface area contributed by atoms with E-state index in [1.165, 1.54) is 46.5 Å². The molecule has 0 aliphatic rings. The maximum atomic E-state index is 13.4. The number of halogens is 1. The molecule has 0 radical (unpaired) electrons. The number of benzene rings is 3. The van der Waals surface area contributed by atoms with Gasteiger partial charge >= 0.3 is 0 Å².